The fourth-order valence-corrected chi connectivity index (χ4v) is 2.26. The smallest absolute Gasteiger partial charge is 0.0552 e. The van der Waals surface area contributed by atoms with Gasteiger partial charge in [0, 0.05) is 12.7 Å². The Morgan fingerprint density at radius 3 is 2.42 bits per heavy atom. The molecule has 0 bridgehead atoms. The van der Waals surface area contributed by atoms with Crippen molar-refractivity contribution < 1.29 is 0 Å². The zero-order valence-electron chi connectivity index (χ0n) is 11.7. The lowest BCUT2D eigenvalue weighted by Crippen LogP contribution is -2.12. The molecule has 1 unspecified atom stereocenters. The number of aryl methyl sites for hydroxylation is 1. The van der Waals surface area contributed by atoms with E-state index in [0.29, 0.717) is 0 Å². The molecule has 0 aliphatic heterocycles. The molecule has 2 aromatic carbocycles. The molecule has 100 valence electrons. The van der Waals surface area contributed by atoms with E-state index in [2.05, 4.69) is 48.6 Å². The summed E-state index contributed by atoms with van der Waals surface area (Å²) in [7, 11) is 1.92. The number of hydrogen-bond acceptors (Lipinski definition) is 2. The van der Waals surface area contributed by atoms with Gasteiger partial charge in [0.25, 0.3) is 0 Å². The molecule has 3 N–H and O–H groups in total. The van der Waals surface area contributed by atoms with Crippen LogP contribution in [0.2, 0.25) is 0 Å². The van der Waals surface area contributed by atoms with Gasteiger partial charge in [-0.3, -0.25) is 0 Å². The molecule has 2 nitrogen and oxygen atoms in total. The number of rotatable bonds is 5. The van der Waals surface area contributed by atoms with E-state index in [1.54, 1.807) is 0 Å². The van der Waals surface area contributed by atoms with Gasteiger partial charge in [-0.15, -0.1) is 0 Å². The molecule has 2 aromatic rings. The van der Waals surface area contributed by atoms with Gasteiger partial charge >= 0.3 is 0 Å². The summed E-state index contributed by atoms with van der Waals surface area (Å²) in [6, 6.07) is 16.8. The van der Waals surface area contributed by atoms with Crippen molar-refractivity contribution >= 4 is 5.69 Å². The van der Waals surface area contributed by atoms with Crippen LogP contribution < -0.4 is 11.1 Å². The van der Waals surface area contributed by atoms with Gasteiger partial charge in [-0.2, -0.15) is 0 Å². The number of hydrogen-bond donors (Lipinski definition) is 2. The molecule has 2 heteroatoms. The van der Waals surface area contributed by atoms with E-state index in [-0.39, 0.29) is 6.04 Å². The SMILES string of the molecule is CCCc1ccc(C(N)c2cccc(NC)c2)cc1. The highest BCUT2D eigenvalue weighted by molar-refractivity contribution is 5.47. The van der Waals surface area contributed by atoms with Gasteiger partial charge in [-0.25, -0.2) is 0 Å². The van der Waals surface area contributed by atoms with Crippen molar-refractivity contribution in [1.29, 1.82) is 0 Å². The van der Waals surface area contributed by atoms with E-state index in [1.807, 2.05) is 19.2 Å². The molecule has 0 aliphatic carbocycles. The Morgan fingerprint density at radius 1 is 1.05 bits per heavy atom. The van der Waals surface area contributed by atoms with Gasteiger partial charge in [0.2, 0.25) is 0 Å². The second-order valence-electron chi connectivity index (χ2n) is 4.84. The average Bonchev–Trinajstić information content (AvgIpc) is 2.48. The fraction of sp³-hybridized carbons (Fsp3) is 0.294. The quantitative estimate of drug-likeness (QED) is 0.853. The summed E-state index contributed by atoms with van der Waals surface area (Å²) in [6.45, 7) is 2.20. The van der Waals surface area contributed by atoms with E-state index in [0.717, 1.165) is 23.2 Å². The molecule has 0 fully saturated rings. The van der Waals surface area contributed by atoms with E-state index in [9.17, 15) is 0 Å². The Hall–Kier alpha value is -1.80. The molecule has 0 aromatic heterocycles. The lowest BCUT2D eigenvalue weighted by molar-refractivity contribution is 0.865. The van der Waals surface area contributed by atoms with Gasteiger partial charge in [0.15, 0.2) is 0 Å². The standard InChI is InChI=1S/C17H22N2/c1-3-5-13-8-10-14(11-9-13)17(18)15-6-4-7-16(12-15)19-2/h4,6-12,17,19H,3,5,18H2,1-2H3. The number of nitrogens with one attached hydrogen (secondary N) is 1. The minimum atomic E-state index is -0.0658. The first kappa shape index (κ1) is 13.6. The third-order valence-corrected chi connectivity index (χ3v) is 3.41. The number of benzene rings is 2. The normalized spacial score (nSPS) is 12.2. The van der Waals surface area contributed by atoms with Crippen LogP contribution in [0.1, 0.15) is 36.1 Å². The van der Waals surface area contributed by atoms with Crippen LogP contribution in [0.25, 0.3) is 0 Å². The van der Waals surface area contributed by atoms with Crippen LogP contribution in [0.3, 0.4) is 0 Å². The molecule has 1 atom stereocenters. The second-order valence-corrected chi connectivity index (χ2v) is 4.84. The zero-order chi connectivity index (χ0) is 13.7. The van der Waals surface area contributed by atoms with Crippen LogP contribution in [0.4, 0.5) is 5.69 Å². The third-order valence-electron chi connectivity index (χ3n) is 3.41. The summed E-state index contributed by atoms with van der Waals surface area (Å²) in [5, 5.41) is 3.14. The highest BCUT2D eigenvalue weighted by Gasteiger charge is 2.09. The van der Waals surface area contributed by atoms with Crippen molar-refractivity contribution in [2.45, 2.75) is 25.8 Å². The Bertz CT molecular complexity index is 517. The van der Waals surface area contributed by atoms with Gasteiger partial charge in [-0.1, -0.05) is 49.7 Å². The number of anilines is 1. The summed E-state index contributed by atoms with van der Waals surface area (Å²) in [4.78, 5) is 0. The van der Waals surface area contributed by atoms with Crippen LogP contribution in [0, 0.1) is 0 Å². The molecule has 2 rings (SSSR count). The van der Waals surface area contributed by atoms with Gasteiger partial charge in [-0.05, 0) is 35.2 Å². The van der Waals surface area contributed by atoms with Gasteiger partial charge in [0.05, 0.1) is 6.04 Å². The summed E-state index contributed by atoms with van der Waals surface area (Å²) in [5.74, 6) is 0. The average molecular weight is 254 g/mol. The lowest BCUT2D eigenvalue weighted by Gasteiger charge is -2.14. The van der Waals surface area contributed by atoms with Crippen molar-refractivity contribution in [2.75, 3.05) is 12.4 Å². The lowest BCUT2D eigenvalue weighted by atomic mass is 9.97. The molecular formula is C17H22N2. The van der Waals surface area contributed by atoms with Crippen molar-refractivity contribution in [3.8, 4) is 0 Å². The van der Waals surface area contributed by atoms with Crippen molar-refractivity contribution in [3.63, 3.8) is 0 Å². The van der Waals surface area contributed by atoms with Crippen molar-refractivity contribution in [2.24, 2.45) is 5.73 Å². The van der Waals surface area contributed by atoms with Gasteiger partial charge < -0.3 is 11.1 Å². The molecule has 0 radical (unpaired) electrons. The Kier molecular flexibility index (Phi) is 4.58. The van der Waals surface area contributed by atoms with Crippen LogP contribution in [0.5, 0.6) is 0 Å². The maximum atomic E-state index is 6.34. The number of nitrogens with two attached hydrogens (primary N) is 1. The molecule has 0 spiro atoms. The van der Waals surface area contributed by atoms with Gasteiger partial charge in [0.1, 0.15) is 0 Å². The Labute approximate surface area is 115 Å². The molecular weight excluding hydrogens is 232 g/mol. The molecule has 0 aliphatic rings. The second kappa shape index (κ2) is 6.39. The first-order chi connectivity index (χ1) is 9.24. The predicted octanol–water partition coefficient (Wildman–Crippen LogP) is 3.73. The monoisotopic (exact) mass is 254 g/mol. The van der Waals surface area contributed by atoms with Crippen LogP contribution in [-0.2, 0) is 6.42 Å². The molecule has 19 heavy (non-hydrogen) atoms. The zero-order valence-corrected chi connectivity index (χ0v) is 11.7. The molecule has 0 amide bonds. The first-order valence-electron chi connectivity index (χ1n) is 6.86. The Morgan fingerprint density at radius 2 is 1.79 bits per heavy atom. The summed E-state index contributed by atoms with van der Waals surface area (Å²) in [6.07, 6.45) is 2.31. The fourth-order valence-electron chi connectivity index (χ4n) is 2.26. The van der Waals surface area contributed by atoms with Crippen LogP contribution in [-0.4, -0.2) is 7.05 Å². The van der Waals surface area contributed by atoms with Crippen LogP contribution >= 0.6 is 0 Å². The maximum Gasteiger partial charge on any atom is 0.0552 e. The summed E-state index contributed by atoms with van der Waals surface area (Å²) >= 11 is 0. The third kappa shape index (κ3) is 3.36. The van der Waals surface area contributed by atoms with Crippen molar-refractivity contribution in [3.05, 3.63) is 65.2 Å². The maximum absolute atomic E-state index is 6.34. The van der Waals surface area contributed by atoms with E-state index >= 15 is 0 Å². The Balaban J connectivity index is 2.20. The highest BCUT2D eigenvalue weighted by atomic mass is 14.8. The summed E-state index contributed by atoms with van der Waals surface area (Å²) in [5.41, 5.74) is 11.1. The van der Waals surface area contributed by atoms with Crippen molar-refractivity contribution in [1.82, 2.24) is 0 Å². The first-order valence-corrected chi connectivity index (χ1v) is 6.86. The summed E-state index contributed by atoms with van der Waals surface area (Å²) < 4.78 is 0. The highest BCUT2D eigenvalue weighted by Crippen LogP contribution is 2.22. The van der Waals surface area contributed by atoms with Crippen LogP contribution in [0.15, 0.2) is 48.5 Å². The molecule has 0 saturated heterocycles. The van der Waals surface area contributed by atoms with E-state index in [1.165, 1.54) is 12.0 Å². The topological polar surface area (TPSA) is 38.0 Å². The van der Waals surface area contributed by atoms with E-state index < -0.39 is 0 Å². The minimum absolute atomic E-state index is 0.0658. The molecule has 0 heterocycles. The predicted molar refractivity (Wildman–Crippen MR) is 82.5 cm³/mol. The minimum Gasteiger partial charge on any atom is -0.388 e. The molecule has 0 saturated carbocycles. The largest absolute Gasteiger partial charge is 0.388 e. The van der Waals surface area contributed by atoms with E-state index in [4.69, 9.17) is 5.73 Å².